The van der Waals surface area contributed by atoms with Crippen LogP contribution in [-0.4, -0.2) is 47.8 Å². The molecule has 3 rings (SSSR count). The van der Waals surface area contributed by atoms with E-state index in [9.17, 15) is 9.59 Å². The number of rotatable bonds is 3. The number of hydrogen-bond acceptors (Lipinski definition) is 2. The molecule has 7 heteroatoms. The Morgan fingerprint density at radius 2 is 1.42 bits per heavy atom. The summed E-state index contributed by atoms with van der Waals surface area (Å²) in [5.74, 6) is 0.00490. The van der Waals surface area contributed by atoms with Crippen LogP contribution in [0.1, 0.15) is 15.9 Å². The molecule has 1 saturated heterocycles. The molecule has 0 atom stereocenters. The average Bonchev–Trinajstić information content (AvgIpc) is 2.61. The van der Waals surface area contributed by atoms with Crippen molar-refractivity contribution in [2.75, 3.05) is 26.2 Å². The molecule has 0 N–H and O–H groups in total. The number of carbonyl (C=O) groups is 2. The van der Waals surface area contributed by atoms with Gasteiger partial charge < -0.3 is 9.80 Å². The van der Waals surface area contributed by atoms with E-state index in [-0.39, 0.29) is 18.2 Å². The zero-order valence-corrected chi connectivity index (χ0v) is 17.0. The Kier molecular flexibility index (Phi) is 6.22. The van der Waals surface area contributed by atoms with E-state index < -0.39 is 0 Å². The molecule has 0 aromatic heterocycles. The van der Waals surface area contributed by atoms with Gasteiger partial charge >= 0.3 is 0 Å². The Morgan fingerprint density at radius 3 is 2.00 bits per heavy atom. The lowest BCUT2D eigenvalue weighted by atomic mass is 10.1. The lowest BCUT2D eigenvalue weighted by Gasteiger charge is -2.35. The van der Waals surface area contributed by atoms with Crippen LogP contribution in [-0.2, 0) is 11.2 Å². The molecule has 1 heterocycles. The predicted molar refractivity (Wildman–Crippen MR) is 107 cm³/mol. The second-order valence-electron chi connectivity index (χ2n) is 6.13. The highest BCUT2D eigenvalue weighted by molar-refractivity contribution is 9.10. The van der Waals surface area contributed by atoms with Crippen molar-refractivity contribution in [1.29, 1.82) is 0 Å². The molecule has 2 amide bonds. The van der Waals surface area contributed by atoms with Crippen LogP contribution in [0.5, 0.6) is 0 Å². The zero-order chi connectivity index (χ0) is 18.7. The van der Waals surface area contributed by atoms with Gasteiger partial charge in [-0.2, -0.15) is 0 Å². The molecular weight excluding hydrogens is 439 g/mol. The lowest BCUT2D eigenvalue weighted by Crippen LogP contribution is -2.51. The SMILES string of the molecule is O=C(Cc1cc(Cl)cc(Cl)c1)N1CCN(C(=O)c2ccc(Br)cc2)CC1. The Balaban J connectivity index is 1.56. The third kappa shape index (κ3) is 4.78. The monoisotopic (exact) mass is 454 g/mol. The van der Waals surface area contributed by atoms with Gasteiger partial charge in [-0.15, -0.1) is 0 Å². The number of hydrogen-bond donors (Lipinski definition) is 0. The first-order valence-corrected chi connectivity index (χ1v) is 9.75. The van der Waals surface area contributed by atoms with Gasteiger partial charge in [-0.1, -0.05) is 39.1 Å². The van der Waals surface area contributed by atoms with E-state index in [1.165, 1.54) is 0 Å². The second-order valence-corrected chi connectivity index (χ2v) is 7.92. The maximum absolute atomic E-state index is 12.5. The van der Waals surface area contributed by atoms with Crippen LogP contribution in [0, 0.1) is 0 Å². The summed E-state index contributed by atoms with van der Waals surface area (Å²) in [5.41, 5.74) is 1.45. The van der Waals surface area contributed by atoms with Gasteiger partial charge in [0.2, 0.25) is 5.91 Å². The van der Waals surface area contributed by atoms with E-state index in [4.69, 9.17) is 23.2 Å². The fraction of sp³-hybridized carbons (Fsp3) is 0.263. The van der Waals surface area contributed by atoms with Gasteiger partial charge in [0.15, 0.2) is 0 Å². The van der Waals surface area contributed by atoms with E-state index in [1.54, 1.807) is 40.1 Å². The van der Waals surface area contributed by atoms with Crippen molar-refractivity contribution >= 4 is 50.9 Å². The quantitative estimate of drug-likeness (QED) is 0.692. The highest BCUT2D eigenvalue weighted by atomic mass is 79.9. The fourth-order valence-electron chi connectivity index (χ4n) is 2.93. The smallest absolute Gasteiger partial charge is 0.253 e. The highest BCUT2D eigenvalue weighted by Crippen LogP contribution is 2.20. The van der Waals surface area contributed by atoms with Gasteiger partial charge in [0.1, 0.15) is 0 Å². The molecule has 26 heavy (non-hydrogen) atoms. The van der Waals surface area contributed by atoms with Gasteiger partial charge in [-0.3, -0.25) is 9.59 Å². The zero-order valence-electron chi connectivity index (χ0n) is 13.9. The third-order valence-corrected chi connectivity index (χ3v) is 5.25. The molecule has 0 aliphatic carbocycles. The summed E-state index contributed by atoms with van der Waals surface area (Å²) < 4.78 is 0.936. The number of halogens is 3. The van der Waals surface area contributed by atoms with Crippen molar-refractivity contribution in [3.05, 3.63) is 68.1 Å². The lowest BCUT2D eigenvalue weighted by molar-refractivity contribution is -0.131. The number of carbonyl (C=O) groups excluding carboxylic acids is 2. The molecule has 0 saturated carbocycles. The van der Waals surface area contributed by atoms with Crippen molar-refractivity contribution in [3.63, 3.8) is 0 Å². The Bertz CT molecular complexity index is 799. The van der Waals surface area contributed by atoms with Crippen LogP contribution in [0.25, 0.3) is 0 Å². The summed E-state index contributed by atoms with van der Waals surface area (Å²) in [7, 11) is 0. The molecule has 0 radical (unpaired) electrons. The normalized spacial score (nSPS) is 14.4. The topological polar surface area (TPSA) is 40.6 Å². The maximum Gasteiger partial charge on any atom is 0.253 e. The van der Waals surface area contributed by atoms with Gasteiger partial charge in [-0.05, 0) is 48.0 Å². The first kappa shape index (κ1) is 19.2. The van der Waals surface area contributed by atoms with Crippen molar-refractivity contribution in [3.8, 4) is 0 Å². The summed E-state index contributed by atoms with van der Waals surface area (Å²) in [6, 6.07) is 12.4. The van der Waals surface area contributed by atoms with E-state index >= 15 is 0 Å². The molecule has 1 aliphatic heterocycles. The Morgan fingerprint density at radius 1 is 0.885 bits per heavy atom. The van der Waals surface area contributed by atoms with Crippen molar-refractivity contribution in [2.24, 2.45) is 0 Å². The first-order valence-electron chi connectivity index (χ1n) is 8.20. The Labute approximate surface area is 170 Å². The largest absolute Gasteiger partial charge is 0.339 e. The number of amides is 2. The number of piperazine rings is 1. The van der Waals surface area contributed by atoms with Crippen molar-refractivity contribution in [1.82, 2.24) is 9.80 Å². The van der Waals surface area contributed by atoms with Crippen LogP contribution in [0.3, 0.4) is 0 Å². The van der Waals surface area contributed by atoms with Gasteiger partial charge in [0.25, 0.3) is 5.91 Å². The van der Waals surface area contributed by atoms with Crippen LogP contribution in [0.4, 0.5) is 0 Å². The van der Waals surface area contributed by atoms with Gasteiger partial charge in [-0.25, -0.2) is 0 Å². The van der Waals surface area contributed by atoms with E-state index in [0.717, 1.165) is 10.0 Å². The molecule has 2 aromatic rings. The summed E-state index contributed by atoms with van der Waals surface area (Å²) in [5, 5.41) is 1.04. The average molecular weight is 456 g/mol. The van der Waals surface area contributed by atoms with E-state index in [1.807, 2.05) is 12.1 Å². The molecule has 2 aromatic carbocycles. The fourth-order valence-corrected chi connectivity index (χ4v) is 3.77. The van der Waals surface area contributed by atoms with E-state index in [2.05, 4.69) is 15.9 Å². The standard InChI is InChI=1S/C19H17BrCl2N2O2/c20-15-3-1-14(2-4-15)19(26)24-7-5-23(6-8-24)18(25)11-13-9-16(21)12-17(22)10-13/h1-4,9-10,12H,5-8,11H2. The first-order chi connectivity index (χ1) is 12.4. The van der Waals surface area contributed by atoms with Crippen LogP contribution in [0.2, 0.25) is 10.0 Å². The minimum atomic E-state index is -0.00813. The summed E-state index contributed by atoms with van der Waals surface area (Å²) in [6.07, 6.45) is 0.251. The summed E-state index contributed by atoms with van der Waals surface area (Å²) >= 11 is 15.3. The molecule has 1 fully saturated rings. The summed E-state index contributed by atoms with van der Waals surface area (Å²) in [6.45, 7) is 2.10. The minimum absolute atomic E-state index is 0.00813. The third-order valence-electron chi connectivity index (χ3n) is 4.29. The molecule has 0 spiro atoms. The van der Waals surface area contributed by atoms with Crippen LogP contribution in [0.15, 0.2) is 46.9 Å². The molecular formula is C19H17BrCl2N2O2. The highest BCUT2D eigenvalue weighted by Gasteiger charge is 2.25. The molecule has 0 unspecified atom stereocenters. The summed E-state index contributed by atoms with van der Waals surface area (Å²) in [4.78, 5) is 28.6. The second kappa shape index (κ2) is 8.42. The van der Waals surface area contributed by atoms with Crippen LogP contribution < -0.4 is 0 Å². The Hall–Kier alpha value is -1.56. The predicted octanol–water partition coefficient (Wildman–Crippen LogP) is 4.28. The molecule has 0 bridgehead atoms. The molecule has 136 valence electrons. The molecule has 4 nitrogen and oxygen atoms in total. The van der Waals surface area contributed by atoms with E-state index in [0.29, 0.717) is 41.8 Å². The number of nitrogens with zero attached hydrogens (tertiary/aromatic N) is 2. The van der Waals surface area contributed by atoms with Gasteiger partial charge in [0.05, 0.1) is 6.42 Å². The maximum atomic E-state index is 12.5. The van der Waals surface area contributed by atoms with Crippen LogP contribution >= 0.6 is 39.1 Å². The number of benzene rings is 2. The van der Waals surface area contributed by atoms with Crippen molar-refractivity contribution < 1.29 is 9.59 Å². The minimum Gasteiger partial charge on any atom is -0.339 e. The molecule has 1 aliphatic rings. The van der Waals surface area contributed by atoms with Gasteiger partial charge in [0, 0.05) is 46.3 Å². The van der Waals surface area contributed by atoms with Crippen molar-refractivity contribution in [2.45, 2.75) is 6.42 Å².